The van der Waals surface area contributed by atoms with E-state index < -0.39 is 0 Å². The number of imidazole rings is 1. The highest BCUT2D eigenvalue weighted by Gasteiger charge is 2.08. The number of carbonyl (C=O) groups is 1. The molecule has 1 aromatic carbocycles. The van der Waals surface area contributed by atoms with Crippen molar-refractivity contribution in [2.24, 2.45) is 0 Å². The number of pyridine rings is 1. The quantitative estimate of drug-likeness (QED) is 0.771. The van der Waals surface area contributed by atoms with Crippen LogP contribution in [0.2, 0.25) is 0 Å². The Labute approximate surface area is 120 Å². The summed E-state index contributed by atoms with van der Waals surface area (Å²) in [5.41, 5.74) is 2.65. The second-order valence-electron chi connectivity index (χ2n) is 4.63. The van der Waals surface area contributed by atoms with E-state index in [1.165, 1.54) is 10.6 Å². The Kier molecular flexibility index (Phi) is 3.27. The van der Waals surface area contributed by atoms with Gasteiger partial charge in [0.1, 0.15) is 0 Å². The first kappa shape index (κ1) is 13.1. The van der Waals surface area contributed by atoms with E-state index in [9.17, 15) is 9.59 Å². The van der Waals surface area contributed by atoms with Gasteiger partial charge in [-0.15, -0.1) is 0 Å². The first-order valence-corrected chi connectivity index (χ1v) is 6.62. The minimum absolute atomic E-state index is 0.0885. The standard InChI is InChI=1S/C15H14N4O2/c1-2-19-8-11(4-6-14(19)20)18-15(21)10-3-5-12-13(7-10)17-9-16-12/h3-9H,2H2,1H3,(H,16,17)(H,18,21). The van der Waals surface area contributed by atoms with E-state index in [0.29, 0.717) is 17.8 Å². The number of rotatable bonds is 3. The number of hydrogen-bond acceptors (Lipinski definition) is 3. The van der Waals surface area contributed by atoms with Crippen LogP contribution in [0.5, 0.6) is 0 Å². The maximum Gasteiger partial charge on any atom is 0.255 e. The zero-order chi connectivity index (χ0) is 14.8. The van der Waals surface area contributed by atoms with Crippen LogP contribution in [-0.2, 0) is 6.54 Å². The molecule has 0 saturated carbocycles. The number of nitrogens with zero attached hydrogens (tertiary/aromatic N) is 2. The summed E-state index contributed by atoms with van der Waals surface area (Å²) in [7, 11) is 0. The van der Waals surface area contributed by atoms with Crippen LogP contribution in [0.3, 0.4) is 0 Å². The van der Waals surface area contributed by atoms with E-state index in [1.807, 2.05) is 6.92 Å². The molecule has 3 rings (SSSR count). The second-order valence-corrected chi connectivity index (χ2v) is 4.63. The molecule has 3 aromatic rings. The first-order chi connectivity index (χ1) is 10.2. The smallest absolute Gasteiger partial charge is 0.255 e. The fraction of sp³-hybridized carbons (Fsp3) is 0.133. The largest absolute Gasteiger partial charge is 0.345 e. The highest BCUT2D eigenvalue weighted by Crippen LogP contribution is 2.13. The van der Waals surface area contributed by atoms with Gasteiger partial charge in [0.05, 0.1) is 23.0 Å². The van der Waals surface area contributed by atoms with Crippen molar-refractivity contribution in [2.75, 3.05) is 5.32 Å². The topological polar surface area (TPSA) is 79.8 Å². The first-order valence-electron chi connectivity index (χ1n) is 6.62. The zero-order valence-electron chi connectivity index (χ0n) is 11.5. The van der Waals surface area contributed by atoms with Gasteiger partial charge in [0, 0.05) is 24.4 Å². The van der Waals surface area contributed by atoms with Gasteiger partial charge in [-0.2, -0.15) is 0 Å². The number of amides is 1. The normalized spacial score (nSPS) is 10.7. The zero-order valence-corrected chi connectivity index (χ0v) is 11.5. The molecule has 0 bridgehead atoms. The molecule has 2 N–H and O–H groups in total. The molecule has 0 aliphatic rings. The molecule has 6 nitrogen and oxygen atoms in total. The lowest BCUT2D eigenvalue weighted by Crippen LogP contribution is -2.19. The van der Waals surface area contributed by atoms with Crippen molar-refractivity contribution in [3.8, 4) is 0 Å². The Morgan fingerprint density at radius 2 is 2.19 bits per heavy atom. The number of aryl methyl sites for hydroxylation is 1. The van der Waals surface area contributed by atoms with E-state index in [4.69, 9.17) is 0 Å². The Bertz CT molecular complexity index is 863. The van der Waals surface area contributed by atoms with Crippen LogP contribution in [0.25, 0.3) is 11.0 Å². The van der Waals surface area contributed by atoms with Gasteiger partial charge in [-0.1, -0.05) is 0 Å². The van der Waals surface area contributed by atoms with Gasteiger partial charge in [-0.05, 0) is 31.2 Å². The van der Waals surface area contributed by atoms with Gasteiger partial charge in [0.25, 0.3) is 11.5 Å². The number of fused-ring (bicyclic) bond motifs is 1. The van der Waals surface area contributed by atoms with Crippen molar-refractivity contribution < 1.29 is 4.79 Å². The Balaban J connectivity index is 1.87. The van der Waals surface area contributed by atoms with Crippen LogP contribution in [0.1, 0.15) is 17.3 Å². The summed E-state index contributed by atoms with van der Waals surface area (Å²) in [6, 6.07) is 8.29. The fourth-order valence-corrected chi connectivity index (χ4v) is 2.13. The Hall–Kier alpha value is -2.89. The number of aromatic nitrogens is 3. The molecule has 0 saturated heterocycles. The van der Waals surface area contributed by atoms with Gasteiger partial charge >= 0.3 is 0 Å². The minimum atomic E-state index is -0.229. The third-order valence-electron chi connectivity index (χ3n) is 3.26. The van der Waals surface area contributed by atoms with Crippen molar-refractivity contribution in [3.63, 3.8) is 0 Å². The molecule has 2 aromatic heterocycles. The van der Waals surface area contributed by atoms with E-state index in [1.54, 1.807) is 36.8 Å². The predicted molar refractivity (Wildman–Crippen MR) is 80.4 cm³/mol. The molecule has 0 fully saturated rings. The fourth-order valence-electron chi connectivity index (χ4n) is 2.13. The summed E-state index contributed by atoms with van der Waals surface area (Å²) in [4.78, 5) is 30.8. The molecular formula is C15H14N4O2. The van der Waals surface area contributed by atoms with Gasteiger partial charge in [-0.3, -0.25) is 9.59 Å². The molecular weight excluding hydrogens is 268 g/mol. The van der Waals surface area contributed by atoms with E-state index in [2.05, 4.69) is 15.3 Å². The van der Waals surface area contributed by atoms with E-state index in [0.717, 1.165) is 11.0 Å². The van der Waals surface area contributed by atoms with Crippen molar-refractivity contribution in [1.82, 2.24) is 14.5 Å². The number of carbonyl (C=O) groups excluding carboxylic acids is 1. The number of H-pyrrole nitrogens is 1. The molecule has 0 aliphatic heterocycles. The van der Waals surface area contributed by atoms with Gasteiger partial charge in [0.2, 0.25) is 0 Å². The summed E-state index contributed by atoms with van der Waals surface area (Å²) < 4.78 is 1.54. The highest BCUT2D eigenvalue weighted by atomic mass is 16.1. The van der Waals surface area contributed by atoms with Crippen LogP contribution in [-0.4, -0.2) is 20.4 Å². The average molecular weight is 282 g/mol. The lowest BCUT2D eigenvalue weighted by molar-refractivity contribution is 0.102. The molecule has 0 aliphatic carbocycles. The predicted octanol–water partition coefficient (Wildman–Crippen LogP) is 2.00. The van der Waals surface area contributed by atoms with Gasteiger partial charge in [-0.25, -0.2) is 4.98 Å². The maximum atomic E-state index is 12.2. The van der Waals surface area contributed by atoms with E-state index in [-0.39, 0.29) is 11.5 Å². The number of benzene rings is 1. The van der Waals surface area contributed by atoms with Crippen molar-refractivity contribution in [1.29, 1.82) is 0 Å². The Morgan fingerprint density at radius 1 is 1.33 bits per heavy atom. The molecule has 2 heterocycles. The molecule has 21 heavy (non-hydrogen) atoms. The minimum Gasteiger partial charge on any atom is -0.345 e. The molecule has 0 spiro atoms. The van der Waals surface area contributed by atoms with Crippen LogP contribution in [0.15, 0.2) is 47.7 Å². The number of anilines is 1. The van der Waals surface area contributed by atoms with Gasteiger partial charge in [0.15, 0.2) is 0 Å². The monoisotopic (exact) mass is 282 g/mol. The highest BCUT2D eigenvalue weighted by molar-refractivity contribution is 6.05. The van der Waals surface area contributed by atoms with Gasteiger partial charge < -0.3 is 14.9 Å². The average Bonchev–Trinajstić information content (AvgIpc) is 2.96. The maximum absolute atomic E-state index is 12.2. The lowest BCUT2D eigenvalue weighted by Gasteiger charge is -2.08. The summed E-state index contributed by atoms with van der Waals surface area (Å²) in [5, 5.41) is 2.78. The molecule has 6 heteroatoms. The molecule has 0 atom stereocenters. The van der Waals surface area contributed by atoms with Crippen molar-refractivity contribution in [2.45, 2.75) is 13.5 Å². The number of aromatic amines is 1. The summed E-state index contributed by atoms with van der Waals surface area (Å²) in [6.07, 6.45) is 3.22. The lowest BCUT2D eigenvalue weighted by atomic mass is 10.2. The number of nitrogens with one attached hydrogen (secondary N) is 2. The molecule has 106 valence electrons. The van der Waals surface area contributed by atoms with Crippen LogP contribution in [0.4, 0.5) is 5.69 Å². The van der Waals surface area contributed by atoms with Crippen LogP contribution < -0.4 is 10.9 Å². The Morgan fingerprint density at radius 3 is 3.00 bits per heavy atom. The third kappa shape index (κ3) is 2.55. The van der Waals surface area contributed by atoms with E-state index >= 15 is 0 Å². The summed E-state index contributed by atoms with van der Waals surface area (Å²) >= 11 is 0. The summed E-state index contributed by atoms with van der Waals surface area (Å²) in [6.45, 7) is 2.43. The third-order valence-corrected chi connectivity index (χ3v) is 3.26. The van der Waals surface area contributed by atoms with Crippen LogP contribution in [0, 0.1) is 0 Å². The van der Waals surface area contributed by atoms with Crippen molar-refractivity contribution in [3.05, 3.63) is 58.8 Å². The number of hydrogen-bond donors (Lipinski definition) is 2. The molecule has 0 unspecified atom stereocenters. The van der Waals surface area contributed by atoms with Crippen LogP contribution >= 0.6 is 0 Å². The molecule has 1 amide bonds. The molecule has 0 radical (unpaired) electrons. The van der Waals surface area contributed by atoms with Crippen molar-refractivity contribution >= 4 is 22.6 Å². The second kappa shape index (κ2) is 5.24. The summed E-state index contributed by atoms with van der Waals surface area (Å²) in [5.74, 6) is -0.229. The SMILES string of the molecule is CCn1cc(NC(=O)c2ccc3nc[nH]c3c2)ccc1=O.